The van der Waals surface area contributed by atoms with Crippen molar-refractivity contribution >= 4 is 5.97 Å². The number of hydrogen-bond acceptors (Lipinski definition) is 3. The van der Waals surface area contributed by atoms with Crippen molar-refractivity contribution in [3.05, 3.63) is 23.3 Å². The van der Waals surface area contributed by atoms with E-state index in [1.54, 1.807) is 6.08 Å². The van der Waals surface area contributed by atoms with Crippen molar-refractivity contribution in [2.75, 3.05) is 0 Å². The maximum Gasteiger partial charge on any atom is 0.308 e. The molecule has 0 aliphatic heterocycles. The molecule has 1 unspecified atom stereocenters. The third-order valence-electron chi connectivity index (χ3n) is 4.26. The lowest BCUT2D eigenvalue weighted by molar-refractivity contribution is -0.160. The van der Waals surface area contributed by atoms with Crippen LogP contribution < -0.4 is 0 Å². The molecule has 0 aromatic rings. The molecule has 0 amide bonds. The topological polar surface area (TPSA) is 46.5 Å². The zero-order chi connectivity index (χ0) is 18.9. The average Bonchev–Trinajstić information content (AvgIpc) is 2.52. The number of carbonyl (C=O) groups is 1. The second-order valence-corrected chi connectivity index (χ2v) is 7.29. The molecule has 0 saturated heterocycles. The third-order valence-corrected chi connectivity index (χ3v) is 4.26. The van der Waals surface area contributed by atoms with Gasteiger partial charge in [-0.2, -0.15) is 0 Å². The van der Waals surface area contributed by atoms with Gasteiger partial charge in [0.25, 0.3) is 0 Å². The van der Waals surface area contributed by atoms with E-state index in [0.717, 1.165) is 31.3 Å². The fourth-order valence-corrected chi connectivity index (χ4v) is 2.72. The van der Waals surface area contributed by atoms with Gasteiger partial charge in [-0.1, -0.05) is 75.5 Å². The highest BCUT2D eigenvalue weighted by Gasteiger charge is 2.08. The van der Waals surface area contributed by atoms with Crippen molar-refractivity contribution in [1.82, 2.24) is 0 Å². The van der Waals surface area contributed by atoms with Crippen LogP contribution in [0.15, 0.2) is 23.3 Å². The van der Waals surface area contributed by atoms with Crippen molar-refractivity contribution in [2.45, 2.75) is 111 Å². The van der Waals surface area contributed by atoms with E-state index in [4.69, 9.17) is 4.74 Å². The molecule has 0 heterocycles. The summed E-state index contributed by atoms with van der Waals surface area (Å²) in [4.78, 5) is 11.7. The lowest BCUT2D eigenvalue weighted by Gasteiger charge is -2.10. The predicted octanol–water partition coefficient (Wildman–Crippen LogP) is 6.46. The van der Waals surface area contributed by atoms with E-state index >= 15 is 0 Å². The van der Waals surface area contributed by atoms with E-state index in [1.165, 1.54) is 50.5 Å². The minimum absolute atomic E-state index is 0.302. The van der Waals surface area contributed by atoms with E-state index in [9.17, 15) is 9.90 Å². The van der Waals surface area contributed by atoms with Gasteiger partial charge in [-0.25, -0.2) is 0 Å². The van der Waals surface area contributed by atoms with Gasteiger partial charge in [-0.3, -0.25) is 4.79 Å². The molecule has 0 aliphatic carbocycles. The number of aliphatic hydroxyl groups is 1. The zero-order valence-electron chi connectivity index (χ0n) is 17.0. The Labute approximate surface area is 155 Å². The molecule has 3 heteroatoms. The minimum atomic E-state index is -1.11. The largest absolute Gasteiger partial charge is 0.432 e. The van der Waals surface area contributed by atoms with Crippen molar-refractivity contribution in [1.29, 1.82) is 0 Å². The second kappa shape index (κ2) is 16.4. The van der Waals surface area contributed by atoms with E-state index < -0.39 is 6.29 Å². The van der Waals surface area contributed by atoms with Crippen LogP contribution in [0.4, 0.5) is 0 Å². The van der Waals surface area contributed by atoms with E-state index in [0.29, 0.717) is 6.42 Å². The quantitative estimate of drug-likeness (QED) is 0.159. The molecule has 0 aromatic heterocycles. The first-order valence-corrected chi connectivity index (χ1v) is 10.1. The van der Waals surface area contributed by atoms with Crippen LogP contribution in [0.5, 0.6) is 0 Å². The number of rotatable bonds is 15. The molecule has 1 atom stereocenters. The van der Waals surface area contributed by atoms with Gasteiger partial charge in [0.15, 0.2) is 0 Å². The molecule has 0 aromatic carbocycles. The molecule has 1 N–H and O–H groups in total. The third kappa shape index (κ3) is 17.5. The maximum atomic E-state index is 11.7. The zero-order valence-corrected chi connectivity index (χ0v) is 17.0. The molecule has 3 nitrogen and oxygen atoms in total. The van der Waals surface area contributed by atoms with E-state index in [-0.39, 0.29) is 5.97 Å². The van der Waals surface area contributed by atoms with Crippen molar-refractivity contribution < 1.29 is 14.6 Å². The first-order valence-electron chi connectivity index (χ1n) is 10.1. The molecular weight excluding hydrogens is 312 g/mol. The number of allylic oxidation sites excluding steroid dienone is 3. The molecule has 0 fully saturated rings. The Kier molecular flexibility index (Phi) is 15.7. The Morgan fingerprint density at radius 2 is 1.48 bits per heavy atom. The highest BCUT2D eigenvalue weighted by molar-refractivity contribution is 5.69. The monoisotopic (exact) mass is 352 g/mol. The lowest BCUT2D eigenvalue weighted by Crippen LogP contribution is -2.15. The molecule has 0 spiro atoms. The Morgan fingerprint density at radius 1 is 0.920 bits per heavy atom. The molecular formula is C22H40O3. The van der Waals surface area contributed by atoms with Gasteiger partial charge in [-0.15, -0.1) is 0 Å². The SMILES string of the molecule is CCCCCCCCCCCC(=O)OC(O)/C=C(\C)CCC=C(C)C. The first-order chi connectivity index (χ1) is 12.0. The summed E-state index contributed by atoms with van der Waals surface area (Å²) in [6, 6.07) is 0. The fourth-order valence-electron chi connectivity index (χ4n) is 2.72. The number of aliphatic hydroxyl groups excluding tert-OH is 1. The second-order valence-electron chi connectivity index (χ2n) is 7.29. The fraction of sp³-hybridized carbons (Fsp3) is 0.773. The minimum Gasteiger partial charge on any atom is -0.432 e. The van der Waals surface area contributed by atoms with Crippen LogP contribution in [0.2, 0.25) is 0 Å². The Bertz CT molecular complexity index is 392. The Morgan fingerprint density at radius 3 is 2.04 bits per heavy atom. The van der Waals surface area contributed by atoms with Gasteiger partial charge in [0.1, 0.15) is 0 Å². The molecule has 0 bridgehead atoms. The summed E-state index contributed by atoms with van der Waals surface area (Å²) >= 11 is 0. The van der Waals surface area contributed by atoms with Gasteiger partial charge in [0, 0.05) is 6.42 Å². The maximum absolute atomic E-state index is 11.7. The lowest BCUT2D eigenvalue weighted by atomic mass is 10.1. The number of unbranched alkanes of at least 4 members (excludes halogenated alkanes) is 8. The standard InChI is InChI=1S/C22H40O3/c1-5-6-7-8-9-10-11-12-13-17-21(23)25-22(24)18-20(4)16-14-15-19(2)3/h15,18,22,24H,5-14,16-17H2,1-4H3/b20-18+. The van der Waals surface area contributed by atoms with Gasteiger partial charge in [0.2, 0.25) is 6.29 Å². The summed E-state index contributed by atoms with van der Waals surface area (Å²) in [6.07, 6.45) is 15.9. The normalized spacial score (nSPS) is 12.8. The average molecular weight is 353 g/mol. The van der Waals surface area contributed by atoms with Crippen LogP contribution in [0.3, 0.4) is 0 Å². The van der Waals surface area contributed by atoms with Gasteiger partial charge in [-0.05, 0) is 46.1 Å². The smallest absolute Gasteiger partial charge is 0.308 e. The number of esters is 1. The number of hydrogen-bond donors (Lipinski definition) is 1. The highest BCUT2D eigenvalue weighted by Crippen LogP contribution is 2.12. The Hall–Kier alpha value is -1.09. The molecule has 25 heavy (non-hydrogen) atoms. The van der Waals surface area contributed by atoms with Crippen LogP contribution in [0.1, 0.15) is 105 Å². The van der Waals surface area contributed by atoms with Gasteiger partial charge < -0.3 is 9.84 Å². The van der Waals surface area contributed by atoms with Crippen LogP contribution in [0.25, 0.3) is 0 Å². The van der Waals surface area contributed by atoms with Gasteiger partial charge >= 0.3 is 5.97 Å². The summed E-state index contributed by atoms with van der Waals surface area (Å²) < 4.78 is 5.05. The number of ether oxygens (including phenoxy) is 1. The van der Waals surface area contributed by atoms with E-state index in [2.05, 4.69) is 26.8 Å². The Balaban J connectivity index is 3.68. The van der Waals surface area contributed by atoms with Crippen LogP contribution in [0, 0.1) is 0 Å². The van der Waals surface area contributed by atoms with Crippen LogP contribution in [-0.2, 0) is 9.53 Å². The molecule has 0 radical (unpaired) electrons. The van der Waals surface area contributed by atoms with Crippen LogP contribution >= 0.6 is 0 Å². The van der Waals surface area contributed by atoms with E-state index in [1.807, 2.05) is 6.92 Å². The predicted molar refractivity (Wildman–Crippen MR) is 106 cm³/mol. The van der Waals surface area contributed by atoms with Crippen LogP contribution in [-0.4, -0.2) is 17.4 Å². The molecule has 0 rings (SSSR count). The molecule has 146 valence electrons. The van der Waals surface area contributed by atoms with Gasteiger partial charge in [0.05, 0.1) is 0 Å². The van der Waals surface area contributed by atoms with Crippen molar-refractivity contribution in [3.63, 3.8) is 0 Å². The summed E-state index contributed by atoms with van der Waals surface area (Å²) in [6.45, 7) is 8.33. The first kappa shape index (κ1) is 23.9. The molecule has 0 saturated carbocycles. The summed E-state index contributed by atoms with van der Waals surface area (Å²) in [7, 11) is 0. The summed E-state index contributed by atoms with van der Waals surface area (Å²) in [5.41, 5.74) is 2.33. The van der Waals surface area contributed by atoms with Crippen molar-refractivity contribution in [2.24, 2.45) is 0 Å². The number of carbonyl (C=O) groups excluding carboxylic acids is 1. The summed E-state index contributed by atoms with van der Waals surface area (Å²) in [5, 5.41) is 9.81. The molecule has 0 aliphatic rings. The van der Waals surface area contributed by atoms with Crippen molar-refractivity contribution in [3.8, 4) is 0 Å². The highest BCUT2D eigenvalue weighted by atomic mass is 16.6. The summed E-state index contributed by atoms with van der Waals surface area (Å²) in [5.74, 6) is -0.302.